The molecule has 100 valence electrons. The van der Waals surface area contributed by atoms with E-state index in [9.17, 15) is 4.79 Å². The molecule has 0 saturated heterocycles. The van der Waals surface area contributed by atoms with Gasteiger partial charge in [0.25, 0.3) is 0 Å². The zero-order valence-electron chi connectivity index (χ0n) is 11.3. The van der Waals surface area contributed by atoms with Crippen LogP contribution in [-0.4, -0.2) is 25.7 Å². The normalized spacial score (nSPS) is 12.2. The number of nitrogens with one attached hydrogen (secondary N) is 2. The predicted molar refractivity (Wildman–Crippen MR) is 73.5 cm³/mol. The second-order valence-corrected chi connectivity index (χ2v) is 4.32. The minimum atomic E-state index is -0.0491. The molecule has 0 radical (unpaired) electrons. The van der Waals surface area contributed by atoms with Crippen LogP contribution in [0.15, 0.2) is 24.3 Å². The molecule has 1 atom stereocenters. The van der Waals surface area contributed by atoms with Crippen molar-refractivity contribution in [1.29, 1.82) is 0 Å². The fourth-order valence-electron chi connectivity index (χ4n) is 1.69. The van der Waals surface area contributed by atoms with Gasteiger partial charge in [0, 0.05) is 32.3 Å². The molecule has 2 N–H and O–H groups in total. The van der Waals surface area contributed by atoms with E-state index < -0.39 is 0 Å². The Morgan fingerprint density at radius 2 is 2.00 bits per heavy atom. The van der Waals surface area contributed by atoms with Crippen LogP contribution in [0.3, 0.4) is 0 Å². The summed E-state index contributed by atoms with van der Waals surface area (Å²) in [6.07, 6.45) is 1.04. The topological polar surface area (TPSA) is 50.4 Å². The van der Waals surface area contributed by atoms with E-state index in [1.165, 1.54) is 12.5 Å². The van der Waals surface area contributed by atoms with Crippen LogP contribution in [0, 0.1) is 0 Å². The molecule has 0 aliphatic rings. The fourth-order valence-corrected chi connectivity index (χ4v) is 1.69. The first kappa shape index (κ1) is 14.7. The number of anilines is 1. The molecule has 0 spiro atoms. The number of amides is 1. The summed E-state index contributed by atoms with van der Waals surface area (Å²) in [5, 5.41) is 6.18. The molecule has 0 aromatic heterocycles. The SMILES string of the molecule is CCC(COC)NCc1ccc(NC(C)=O)cc1. The maximum atomic E-state index is 10.9. The minimum absolute atomic E-state index is 0.0491. The summed E-state index contributed by atoms with van der Waals surface area (Å²) in [7, 11) is 1.71. The maximum absolute atomic E-state index is 10.9. The van der Waals surface area contributed by atoms with Gasteiger partial charge in [-0.2, -0.15) is 0 Å². The van der Waals surface area contributed by atoms with Crippen LogP contribution in [0.1, 0.15) is 25.8 Å². The van der Waals surface area contributed by atoms with Gasteiger partial charge in [-0.3, -0.25) is 4.79 Å². The lowest BCUT2D eigenvalue weighted by Gasteiger charge is -2.16. The molecular formula is C14H22N2O2. The number of carbonyl (C=O) groups excluding carboxylic acids is 1. The molecular weight excluding hydrogens is 228 g/mol. The van der Waals surface area contributed by atoms with Crippen LogP contribution >= 0.6 is 0 Å². The number of carbonyl (C=O) groups is 1. The van der Waals surface area contributed by atoms with Gasteiger partial charge in [-0.05, 0) is 24.1 Å². The van der Waals surface area contributed by atoms with E-state index in [2.05, 4.69) is 17.6 Å². The maximum Gasteiger partial charge on any atom is 0.221 e. The van der Waals surface area contributed by atoms with Crippen LogP contribution in [0.25, 0.3) is 0 Å². The molecule has 18 heavy (non-hydrogen) atoms. The van der Waals surface area contributed by atoms with E-state index in [-0.39, 0.29) is 5.91 Å². The quantitative estimate of drug-likeness (QED) is 0.779. The smallest absolute Gasteiger partial charge is 0.221 e. The molecule has 4 nitrogen and oxygen atoms in total. The average Bonchev–Trinajstić information content (AvgIpc) is 2.35. The first-order chi connectivity index (χ1) is 8.65. The molecule has 1 aromatic rings. The zero-order chi connectivity index (χ0) is 13.4. The van der Waals surface area contributed by atoms with Crippen LogP contribution in [-0.2, 0) is 16.1 Å². The van der Waals surface area contributed by atoms with Crippen molar-refractivity contribution in [3.8, 4) is 0 Å². The Morgan fingerprint density at radius 3 is 2.50 bits per heavy atom. The second kappa shape index (κ2) is 7.84. The highest BCUT2D eigenvalue weighted by atomic mass is 16.5. The summed E-state index contributed by atoms with van der Waals surface area (Å²) >= 11 is 0. The molecule has 4 heteroatoms. The summed E-state index contributed by atoms with van der Waals surface area (Å²) in [4.78, 5) is 10.9. The Kier molecular flexibility index (Phi) is 6.39. The highest BCUT2D eigenvalue weighted by Crippen LogP contribution is 2.09. The summed E-state index contributed by atoms with van der Waals surface area (Å²) in [6.45, 7) is 5.17. The van der Waals surface area contributed by atoms with Gasteiger partial charge in [-0.15, -0.1) is 0 Å². The van der Waals surface area contributed by atoms with Crippen molar-refractivity contribution in [3.63, 3.8) is 0 Å². The van der Waals surface area contributed by atoms with Crippen LogP contribution in [0.4, 0.5) is 5.69 Å². The van der Waals surface area contributed by atoms with Crippen LogP contribution in [0.5, 0.6) is 0 Å². The second-order valence-electron chi connectivity index (χ2n) is 4.32. The number of methoxy groups -OCH3 is 1. The highest BCUT2D eigenvalue weighted by Gasteiger charge is 2.04. The van der Waals surface area contributed by atoms with Gasteiger partial charge in [-0.25, -0.2) is 0 Å². The van der Waals surface area contributed by atoms with Crippen molar-refractivity contribution in [2.45, 2.75) is 32.9 Å². The molecule has 0 fully saturated rings. The number of rotatable bonds is 7. The van der Waals surface area contributed by atoms with Gasteiger partial charge in [0.2, 0.25) is 5.91 Å². The largest absolute Gasteiger partial charge is 0.383 e. The van der Waals surface area contributed by atoms with Crippen molar-refractivity contribution in [3.05, 3.63) is 29.8 Å². The number of hydrogen-bond donors (Lipinski definition) is 2. The standard InChI is InChI=1S/C14H22N2O2/c1-4-13(10-18-3)15-9-12-5-7-14(8-6-12)16-11(2)17/h5-8,13,15H,4,9-10H2,1-3H3,(H,16,17). The first-order valence-electron chi connectivity index (χ1n) is 6.24. The third-order valence-electron chi connectivity index (χ3n) is 2.73. The Balaban J connectivity index is 2.45. The van der Waals surface area contributed by atoms with Crippen molar-refractivity contribution in [2.75, 3.05) is 19.0 Å². The summed E-state index contributed by atoms with van der Waals surface area (Å²) in [5.41, 5.74) is 2.02. The molecule has 1 rings (SSSR count). The third-order valence-corrected chi connectivity index (χ3v) is 2.73. The summed E-state index contributed by atoms with van der Waals surface area (Å²) in [5.74, 6) is -0.0491. The third kappa shape index (κ3) is 5.29. The Bertz CT molecular complexity index is 363. The Labute approximate surface area is 109 Å². The van der Waals surface area contributed by atoms with E-state index in [1.807, 2.05) is 24.3 Å². The molecule has 0 heterocycles. The molecule has 1 unspecified atom stereocenters. The number of hydrogen-bond acceptors (Lipinski definition) is 3. The Hall–Kier alpha value is -1.39. The van der Waals surface area contributed by atoms with Gasteiger partial charge in [0.05, 0.1) is 6.61 Å². The lowest BCUT2D eigenvalue weighted by Crippen LogP contribution is -2.31. The Morgan fingerprint density at radius 1 is 1.33 bits per heavy atom. The molecule has 0 bridgehead atoms. The molecule has 1 amide bonds. The minimum Gasteiger partial charge on any atom is -0.383 e. The van der Waals surface area contributed by atoms with Crippen molar-refractivity contribution < 1.29 is 9.53 Å². The first-order valence-corrected chi connectivity index (χ1v) is 6.24. The van der Waals surface area contributed by atoms with Crippen molar-refractivity contribution in [2.24, 2.45) is 0 Å². The van der Waals surface area contributed by atoms with Crippen LogP contribution < -0.4 is 10.6 Å². The van der Waals surface area contributed by atoms with E-state index in [0.29, 0.717) is 6.04 Å². The average molecular weight is 250 g/mol. The van der Waals surface area contributed by atoms with E-state index in [1.54, 1.807) is 7.11 Å². The van der Waals surface area contributed by atoms with Crippen molar-refractivity contribution >= 4 is 11.6 Å². The summed E-state index contributed by atoms with van der Waals surface area (Å²) < 4.78 is 5.14. The van der Waals surface area contributed by atoms with Gasteiger partial charge < -0.3 is 15.4 Å². The van der Waals surface area contributed by atoms with Gasteiger partial charge in [-0.1, -0.05) is 19.1 Å². The van der Waals surface area contributed by atoms with Crippen LogP contribution in [0.2, 0.25) is 0 Å². The van der Waals surface area contributed by atoms with E-state index in [4.69, 9.17) is 4.74 Å². The van der Waals surface area contributed by atoms with Gasteiger partial charge >= 0.3 is 0 Å². The molecule has 0 saturated carbocycles. The van der Waals surface area contributed by atoms with Gasteiger partial charge in [0.15, 0.2) is 0 Å². The lowest BCUT2D eigenvalue weighted by atomic mass is 10.1. The molecule has 1 aromatic carbocycles. The highest BCUT2D eigenvalue weighted by molar-refractivity contribution is 5.88. The number of benzene rings is 1. The molecule has 0 aliphatic heterocycles. The van der Waals surface area contributed by atoms with E-state index in [0.717, 1.165) is 25.3 Å². The zero-order valence-corrected chi connectivity index (χ0v) is 11.3. The van der Waals surface area contributed by atoms with Gasteiger partial charge in [0.1, 0.15) is 0 Å². The lowest BCUT2D eigenvalue weighted by molar-refractivity contribution is -0.114. The van der Waals surface area contributed by atoms with Crippen molar-refractivity contribution in [1.82, 2.24) is 5.32 Å². The number of ether oxygens (including phenoxy) is 1. The summed E-state index contributed by atoms with van der Waals surface area (Å²) in [6, 6.07) is 8.23. The van der Waals surface area contributed by atoms with E-state index >= 15 is 0 Å². The predicted octanol–water partition coefficient (Wildman–Crippen LogP) is 2.16. The molecule has 0 aliphatic carbocycles. The fraction of sp³-hybridized carbons (Fsp3) is 0.500. The monoisotopic (exact) mass is 250 g/mol.